The monoisotopic (exact) mass is 490 g/mol. The molecule has 184 valence electrons. The number of nitrogens with zero attached hydrogens (tertiary/aromatic N) is 5. The molecule has 0 atom stereocenters. The molecule has 3 aromatic heterocycles. The molecule has 10 heteroatoms. The van der Waals surface area contributed by atoms with E-state index in [0.29, 0.717) is 33.9 Å². The van der Waals surface area contributed by atoms with Crippen LogP contribution in [0.3, 0.4) is 0 Å². The van der Waals surface area contributed by atoms with Crippen molar-refractivity contribution in [2.45, 2.75) is 26.4 Å². The number of methoxy groups -OCH3 is 1. The molecule has 5 rings (SSSR count). The predicted molar refractivity (Wildman–Crippen MR) is 132 cm³/mol. The number of nitrogens with one attached hydrogen (secondary N) is 1. The summed E-state index contributed by atoms with van der Waals surface area (Å²) in [5.41, 5.74) is 2.96. The quantitative estimate of drug-likeness (QED) is 0.342. The maximum Gasteiger partial charge on any atom is 0.247 e. The van der Waals surface area contributed by atoms with Crippen LogP contribution in [0.15, 0.2) is 61.1 Å². The van der Waals surface area contributed by atoms with Crippen molar-refractivity contribution < 1.29 is 18.6 Å². The molecule has 0 saturated carbocycles. The van der Waals surface area contributed by atoms with Gasteiger partial charge < -0.3 is 19.7 Å². The third kappa shape index (κ3) is 4.27. The van der Waals surface area contributed by atoms with E-state index in [1.807, 2.05) is 35.9 Å². The Morgan fingerprint density at radius 2 is 1.83 bits per heavy atom. The summed E-state index contributed by atoms with van der Waals surface area (Å²) < 4.78 is 36.4. The highest BCUT2D eigenvalue weighted by molar-refractivity contribution is 5.79. The van der Waals surface area contributed by atoms with Crippen molar-refractivity contribution in [2.75, 3.05) is 12.4 Å². The number of aryl methyl sites for hydroxylation is 1. The van der Waals surface area contributed by atoms with Gasteiger partial charge in [-0.2, -0.15) is 4.98 Å². The first-order valence-electron chi connectivity index (χ1n) is 11.2. The fraction of sp³-hybridized carbons (Fsp3) is 0.192. The Morgan fingerprint density at radius 1 is 1.03 bits per heavy atom. The molecule has 0 aliphatic carbocycles. The van der Waals surface area contributed by atoms with Crippen LogP contribution < -0.4 is 10.1 Å². The zero-order valence-electron chi connectivity index (χ0n) is 20.1. The summed E-state index contributed by atoms with van der Waals surface area (Å²) in [6.07, 6.45) is 3.61. The molecule has 0 saturated heterocycles. The second-order valence-electron chi connectivity index (χ2n) is 8.92. The van der Waals surface area contributed by atoms with Crippen molar-refractivity contribution in [3.8, 4) is 22.6 Å². The molecule has 0 aliphatic rings. The number of benzene rings is 2. The molecule has 2 aromatic carbocycles. The maximum absolute atomic E-state index is 14.0. The van der Waals surface area contributed by atoms with Crippen LogP contribution in [0.1, 0.15) is 25.2 Å². The van der Waals surface area contributed by atoms with Gasteiger partial charge in [-0.15, -0.1) is 5.10 Å². The van der Waals surface area contributed by atoms with Gasteiger partial charge >= 0.3 is 0 Å². The molecule has 0 bridgehead atoms. The van der Waals surface area contributed by atoms with Crippen LogP contribution in [0.4, 0.5) is 20.4 Å². The highest BCUT2D eigenvalue weighted by Crippen LogP contribution is 2.32. The van der Waals surface area contributed by atoms with Gasteiger partial charge in [-0.1, -0.05) is 6.07 Å². The number of aliphatic hydroxyl groups is 1. The second-order valence-corrected chi connectivity index (χ2v) is 8.92. The minimum absolute atomic E-state index is 0.254. The molecular weight excluding hydrogens is 466 g/mol. The van der Waals surface area contributed by atoms with Crippen molar-refractivity contribution in [3.63, 3.8) is 0 Å². The Bertz CT molecular complexity index is 1590. The molecule has 36 heavy (non-hydrogen) atoms. The van der Waals surface area contributed by atoms with Crippen LogP contribution in [0.25, 0.3) is 22.5 Å². The van der Waals surface area contributed by atoms with E-state index in [2.05, 4.69) is 20.4 Å². The first kappa shape index (κ1) is 23.4. The van der Waals surface area contributed by atoms with Crippen LogP contribution in [-0.2, 0) is 5.60 Å². The van der Waals surface area contributed by atoms with E-state index < -0.39 is 17.2 Å². The van der Waals surface area contributed by atoms with Crippen molar-refractivity contribution in [3.05, 3.63) is 84.1 Å². The van der Waals surface area contributed by atoms with Crippen LogP contribution in [0.2, 0.25) is 0 Å². The fourth-order valence-corrected chi connectivity index (χ4v) is 4.02. The number of halogens is 2. The number of aromatic nitrogens is 5. The van der Waals surface area contributed by atoms with E-state index >= 15 is 0 Å². The molecular formula is C26H24F2N6O2. The maximum atomic E-state index is 14.0. The number of imidazole rings is 1. The SMILES string of the molecule is COc1cc(Nc2nc3c(-c4ccc(F)c(F)c4)ccc(C(C)(C)O)n3n2)ccc1-n1cnc(C)c1. The lowest BCUT2D eigenvalue weighted by molar-refractivity contribution is 0.0715. The number of fused-ring (bicyclic) bond motifs is 1. The largest absolute Gasteiger partial charge is 0.494 e. The van der Waals surface area contributed by atoms with Gasteiger partial charge in [0.2, 0.25) is 5.95 Å². The Hall–Kier alpha value is -4.31. The highest BCUT2D eigenvalue weighted by Gasteiger charge is 2.24. The van der Waals surface area contributed by atoms with Crippen LogP contribution in [-0.4, -0.2) is 36.4 Å². The summed E-state index contributed by atoms with van der Waals surface area (Å²) in [7, 11) is 1.58. The molecule has 0 radical (unpaired) electrons. The molecule has 0 unspecified atom stereocenters. The van der Waals surface area contributed by atoms with Crippen LogP contribution in [0.5, 0.6) is 5.75 Å². The third-order valence-corrected chi connectivity index (χ3v) is 5.77. The number of hydrogen-bond acceptors (Lipinski definition) is 6. The normalized spacial score (nSPS) is 11.8. The minimum atomic E-state index is -1.23. The van der Waals surface area contributed by atoms with E-state index in [-0.39, 0.29) is 5.95 Å². The van der Waals surface area contributed by atoms with Gasteiger partial charge in [0.25, 0.3) is 0 Å². The van der Waals surface area contributed by atoms with E-state index in [0.717, 1.165) is 23.5 Å². The molecule has 3 heterocycles. The number of pyridine rings is 1. The summed E-state index contributed by atoms with van der Waals surface area (Å²) in [5, 5.41) is 18.4. The second kappa shape index (κ2) is 8.72. The summed E-state index contributed by atoms with van der Waals surface area (Å²) in [5.74, 6) is -1.03. The number of ether oxygens (including phenoxy) is 1. The molecule has 2 N–H and O–H groups in total. The van der Waals surface area contributed by atoms with Gasteiger partial charge in [0.15, 0.2) is 17.3 Å². The van der Waals surface area contributed by atoms with Gasteiger partial charge in [0.05, 0.1) is 30.5 Å². The lowest BCUT2D eigenvalue weighted by atomic mass is 10.0. The zero-order valence-corrected chi connectivity index (χ0v) is 20.1. The molecule has 0 amide bonds. The lowest BCUT2D eigenvalue weighted by Gasteiger charge is -2.19. The molecule has 0 fully saturated rings. The van der Waals surface area contributed by atoms with Gasteiger partial charge in [0, 0.05) is 23.5 Å². The van der Waals surface area contributed by atoms with Gasteiger partial charge in [0.1, 0.15) is 11.4 Å². The first-order chi connectivity index (χ1) is 17.1. The Labute approximate surface area is 205 Å². The van der Waals surface area contributed by atoms with Crippen molar-refractivity contribution in [1.29, 1.82) is 0 Å². The number of rotatable bonds is 6. The smallest absolute Gasteiger partial charge is 0.247 e. The average Bonchev–Trinajstić information content (AvgIpc) is 3.45. The Kier molecular flexibility index (Phi) is 5.68. The number of hydrogen-bond donors (Lipinski definition) is 2. The lowest BCUT2D eigenvalue weighted by Crippen LogP contribution is -2.20. The standard InChI is InChI=1S/C26H24F2N6O2/c1-15-13-33(14-29-15)21-9-6-17(12-22(21)36-4)30-25-31-24-18(16-5-8-19(27)20(28)11-16)7-10-23(26(2,3)35)34(24)32-25/h5-14,35H,1-4H3,(H,30,32). The first-order valence-corrected chi connectivity index (χ1v) is 11.2. The van der Waals surface area contributed by atoms with Crippen LogP contribution in [0, 0.1) is 18.6 Å². The molecule has 0 aliphatic heterocycles. The minimum Gasteiger partial charge on any atom is -0.494 e. The highest BCUT2D eigenvalue weighted by atomic mass is 19.2. The van der Waals surface area contributed by atoms with E-state index in [9.17, 15) is 13.9 Å². The summed E-state index contributed by atoms with van der Waals surface area (Å²) in [6.45, 7) is 5.18. The zero-order chi connectivity index (χ0) is 25.6. The molecule has 8 nitrogen and oxygen atoms in total. The summed E-state index contributed by atoms with van der Waals surface area (Å²) in [4.78, 5) is 8.87. The van der Waals surface area contributed by atoms with Crippen LogP contribution >= 0.6 is 0 Å². The van der Waals surface area contributed by atoms with Gasteiger partial charge in [-0.3, -0.25) is 0 Å². The van der Waals surface area contributed by atoms with E-state index in [1.165, 1.54) is 10.6 Å². The average molecular weight is 491 g/mol. The van der Waals surface area contributed by atoms with Gasteiger partial charge in [-0.25, -0.2) is 18.3 Å². The fourth-order valence-electron chi connectivity index (χ4n) is 4.02. The summed E-state index contributed by atoms with van der Waals surface area (Å²) >= 11 is 0. The van der Waals surface area contributed by atoms with E-state index in [4.69, 9.17) is 4.74 Å². The predicted octanol–water partition coefficient (Wildman–Crippen LogP) is 5.15. The topological polar surface area (TPSA) is 89.5 Å². The van der Waals surface area contributed by atoms with Crippen molar-refractivity contribution in [2.24, 2.45) is 0 Å². The van der Waals surface area contributed by atoms with Gasteiger partial charge in [-0.05, 0) is 62.7 Å². The van der Waals surface area contributed by atoms with Crippen molar-refractivity contribution >= 4 is 17.3 Å². The number of anilines is 2. The molecule has 0 spiro atoms. The molecule has 5 aromatic rings. The third-order valence-electron chi connectivity index (χ3n) is 5.77. The summed E-state index contributed by atoms with van der Waals surface area (Å²) in [6, 6.07) is 12.6. The Balaban J connectivity index is 1.58. The Morgan fingerprint density at radius 3 is 2.50 bits per heavy atom. The van der Waals surface area contributed by atoms with Crippen molar-refractivity contribution in [1.82, 2.24) is 24.1 Å². The van der Waals surface area contributed by atoms with E-state index in [1.54, 1.807) is 39.4 Å².